The smallest absolute Gasteiger partial charge is 0.246 e. The Morgan fingerprint density at radius 3 is 2.45 bits per heavy atom. The quantitative estimate of drug-likeness (QED) is 0.166. The Morgan fingerprint density at radius 1 is 1.04 bits per heavy atom. The molecule has 1 heterocycles. The molecule has 13 heteroatoms. The molecule has 5 rings (SSSR count). The predicted molar refractivity (Wildman–Crippen MR) is 184 cm³/mol. The van der Waals surface area contributed by atoms with Crippen molar-refractivity contribution in [3.05, 3.63) is 76.2 Å². The van der Waals surface area contributed by atoms with Gasteiger partial charge in [-0.2, -0.15) is 16.9 Å². The van der Waals surface area contributed by atoms with Crippen molar-refractivity contribution in [2.24, 2.45) is 0 Å². The van der Waals surface area contributed by atoms with E-state index in [1.807, 2.05) is 30.5 Å². The first-order chi connectivity index (χ1) is 22.8. The molecule has 0 fully saturated rings. The highest BCUT2D eigenvalue weighted by Gasteiger charge is 2.30. The van der Waals surface area contributed by atoms with Crippen molar-refractivity contribution in [2.75, 3.05) is 44.0 Å². The summed E-state index contributed by atoms with van der Waals surface area (Å²) in [5.41, 5.74) is 4.39. The van der Waals surface area contributed by atoms with Gasteiger partial charge in [0.2, 0.25) is 23.0 Å². The lowest BCUT2D eigenvalue weighted by molar-refractivity contribution is -0.120. The third kappa shape index (κ3) is 7.35. The van der Waals surface area contributed by atoms with Crippen molar-refractivity contribution in [1.29, 1.82) is 0 Å². The van der Waals surface area contributed by atoms with Crippen LogP contribution in [0, 0.1) is 0 Å². The summed E-state index contributed by atoms with van der Waals surface area (Å²) in [6, 6.07) is 13.1. The number of nitrogens with zero attached hydrogens (tertiary/aromatic N) is 2. The number of methoxy groups -OCH3 is 3. The van der Waals surface area contributed by atoms with Crippen LogP contribution in [0.2, 0.25) is 0 Å². The Hall–Kier alpha value is -5.04. The van der Waals surface area contributed by atoms with E-state index in [-0.39, 0.29) is 22.9 Å². The van der Waals surface area contributed by atoms with Gasteiger partial charge < -0.3 is 30.2 Å². The molecule has 0 radical (unpaired) electrons. The van der Waals surface area contributed by atoms with E-state index in [2.05, 4.69) is 31.1 Å². The summed E-state index contributed by atoms with van der Waals surface area (Å²) in [4.78, 5) is 43.9. The molecule has 1 aromatic heterocycles. The van der Waals surface area contributed by atoms with Gasteiger partial charge in [-0.15, -0.1) is 0 Å². The molecule has 0 bridgehead atoms. The molecule has 0 saturated carbocycles. The van der Waals surface area contributed by atoms with Crippen LogP contribution in [-0.4, -0.2) is 66.4 Å². The molecule has 0 unspecified atom stereocenters. The Bertz CT molecular complexity index is 1800. The molecular formula is C34H38N6O6S. The SMILES string of the molecule is COc1cc2c(c(OC)c1OC)-c1ccc(N[C@H](CCSC)C(=O)Nc3ccc(-c4ncn[nH]4)cc3)c(=O)cc1[C@H](NC(C)=O)CC2. The van der Waals surface area contributed by atoms with E-state index < -0.39 is 12.1 Å². The molecule has 47 heavy (non-hydrogen) atoms. The normalized spacial score (nSPS) is 14.1. The van der Waals surface area contributed by atoms with E-state index in [1.165, 1.54) is 26.4 Å². The number of hydrogen-bond acceptors (Lipinski definition) is 10. The Labute approximate surface area is 277 Å². The van der Waals surface area contributed by atoms with Gasteiger partial charge in [0.05, 0.1) is 33.1 Å². The largest absolute Gasteiger partial charge is 0.493 e. The molecule has 4 N–H and O–H groups in total. The van der Waals surface area contributed by atoms with Crippen LogP contribution in [-0.2, 0) is 16.0 Å². The second kappa shape index (κ2) is 15.0. The zero-order chi connectivity index (χ0) is 33.5. The number of carbonyl (C=O) groups is 2. The highest BCUT2D eigenvalue weighted by molar-refractivity contribution is 7.98. The fourth-order valence-electron chi connectivity index (χ4n) is 5.80. The summed E-state index contributed by atoms with van der Waals surface area (Å²) in [7, 11) is 4.66. The minimum atomic E-state index is -0.705. The second-order valence-electron chi connectivity index (χ2n) is 11.0. The first-order valence-corrected chi connectivity index (χ1v) is 16.5. The van der Waals surface area contributed by atoms with Crippen molar-refractivity contribution >= 4 is 35.0 Å². The number of aromatic amines is 1. The van der Waals surface area contributed by atoms with Crippen LogP contribution in [0.3, 0.4) is 0 Å². The van der Waals surface area contributed by atoms with E-state index in [4.69, 9.17) is 14.2 Å². The van der Waals surface area contributed by atoms with Crippen molar-refractivity contribution in [2.45, 2.75) is 38.3 Å². The minimum absolute atomic E-state index is 0.214. The van der Waals surface area contributed by atoms with Crippen molar-refractivity contribution in [1.82, 2.24) is 20.5 Å². The highest BCUT2D eigenvalue weighted by atomic mass is 32.2. The van der Waals surface area contributed by atoms with Gasteiger partial charge in [-0.05, 0) is 90.4 Å². The number of hydrogen-bond donors (Lipinski definition) is 4. The van der Waals surface area contributed by atoms with E-state index in [9.17, 15) is 14.4 Å². The molecule has 2 amide bonds. The molecule has 0 aliphatic heterocycles. The van der Waals surface area contributed by atoms with Crippen LogP contribution in [0.5, 0.6) is 17.2 Å². The van der Waals surface area contributed by atoms with E-state index in [1.54, 1.807) is 44.2 Å². The maximum absolute atomic E-state index is 13.9. The summed E-state index contributed by atoms with van der Waals surface area (Å²) < 4.78 is 17.2. The number of amides is 2. The monoisotopic (exact) mass is 658 g/mol. The van der Waals surface area contributed by atoms with Gasteiger partial charge >= 0.3 is 0 Å². The summed E-state index contributed by atoms with van der Waals surface area (Å²) in [6.45, 7) is 1.45. The standard InChI is InChI=1S/C34H38N6O6S/c1-19(41)37-25-12-8-21-16-29(44-2)31(45-3)32(46-4)30(21)23-11-13-26(28(42)17-24(23)25)39-27(14-15-47-5)34(43)38-22-9-6-20(7-10-22)33-35-18-36-40-33/h6-7,9-11,13,16-18,25,27H,8,12,14-15H2,1-5H3,(H,37,41)(H,38,43)(H,39,42)(H,35,36,40)/t25-,27-/m1/s1. The Balaban J connectivity index is 1.53. The second-order valence-corrected chi connectivity index (χ2v) is 12.0. The fourth-order valence-corrected chi connectivity index (χ4v) is 6.28. The van der Waals surface area contributed by atoms with Crippen LogP contribution >= 0.6 is 11.8 Å². The first kappa shape index (κ1) is 33.3. The van der Waals surface area contributed by atoms with Crippen LogP contribution in [0.15, 0.2) is 59.7 Å². The van der Waals surface area contributed by atoms with Crippen LogP contribution in [0.25, 0.3) is 22.5 Å². The highest BCUT2D eigenvalue weighted by Crippen LogP contribution is 2.50. The lowest BCUT2D eigenvalue weighted by atomic mass is 9.95. The number of ether oxygens (including phenoxy) is 3. The van der Waals surface area contributed by atoms with E-state index in [0.717, 1.165) is 16.7 Å². The number of anilines is 2. The van der Waals surface area contributed by atoms with E-state index >= 15 is 0 Å². The fraction of sp³-hybridized carbons (Fsp3) is 0.324. The maximum Gasteiger partial charge on any atom is 0.246 e. The van der Waals surface area contributed by atoms with Gasteiger partial charge in [0.15, 0.2) is 17.3 Å². The van der Waals surface area contributed by atoms with Crippen molar-refractivity contribution in [3.8, 4) is 39.8 Å². The van der Waals surface area contributed by atoms with Crippen LogP contribution in [0.4, 0.5) is 11.4 Å². The van der Waals surface area contributed by atoms with Gasteiger partial charge in [-0.3, -0.25) is 19.5 Å². The van der Waals surface area contributed by atoms with Gasteiger partial charge in [0.1, 0.15) is 12.4 Å². The topological polar surface area (TPSA) is 157 Å². The van der Waals surface area contributed by atoms with Crippen LogP contribution < -0.4 is 35.6 Å². The number of benzene rings is 2. The summed E-state index contributed by atoms with van der Waals surface area (Å²) in [5.74, 6) is 2.23. The van der Waals surface area contributed by atoms with E-state index in [0.29, 0.717) is 64.9 Å². The Kier molecular flexibility index (Phi) is 10.7. The number of rotatable bonds is 12. The van der Waals surface area contributed by atoms with Crippen molar-refractivity contribution in [3.63, 3.8) is 0 Å². The average Bonchev–Trinajstić information content (AvgIpc) is 3.51. The predicted octanol–water partition coefficient (Wildman–Crippen LogP) is 4.82. The number of aromatic nitrogens is 3. The lowest BCUT2D eigenvalue weighted by Crippen LogP contribution is -2.36. The molecule has 246 valence electrons. The van der Waals surface area contributed by atoms with Crippen LogP contribution in [0.1, 0.15) is 36.9 Å². The summed E-state index contributed by atoms with van der Waals surface area (Å²) in [6.07, 6.45) is 5.00. The molecule has 4 aromatic rings. The molecule has 1 aliphatic carbocycles. The van der Waals surface area contributed by atoms with Gasteiger partial charge in [0.25, 0.3) is 0 Å². The van der Waals surface area contributed by atoms with Crippen molar-refractivity contribution < 1.29 is 23.8 Å². The zero-order valence-electron chi connectivity index (χ0n) is 26.9. The molecule has 1 aliphatic rings. The molecule has 2 atom stereocenters. The minimum Gasteiger partial charge on any atom is -0.493 e. The molecule has 12 nitrogen and oxygen atoms in total. The maximum atomic E-state index is 13.9. The number of nitrogens with one attached hydrogen (secondary N) is 4. The third-order valence-corrected chi connectivity index (χ3v) is 8.66. The number of carbonyl (C=O) groups excluding carboxylic acids is 2. The van der Waals surface area contributed by atoms with Gasteiger partial charge in [-0.1, -0.05) is 6.07 Å². The number of aryl methyl sites for hydroxylation is 1. The Morgan fingerprint density at radius 2 is 1.81 bits per heavy atom. The lowest BCUT2D eigenvalue weighted by Gasteiger charge is -2.19. The third-order valence-electron chi connectivity index (χ3n) is 8.01. The first-order valence-electron chi connectivity index (χ1n) is 15.1. The number of thioether (sulfide) groups is 1. The van der Waals surface area contributed by atoms with Gasteiger partial charge in [0, 0.05) is 23.7 Å². The summed E-state index contributed by atoms with van der Waals surface area (Å²) in [5, 5.41) is 15.9. The molecule has 3 aromatic carbocycles. The number of fused-ring (bicyclic) bond motifs is 3. The zero-order valence-corrected chi connectivity index (χ0v) is 27.7. The molecular weight excluding hydrogens is 620 g/mol. The average molecular weight is 659 g/mol. The molecule has 0 saturated heterocycles. The molecule has 0 spiro atoms. The summed E-state index contributed by atoms with van der Waals surface area (Å²) >= 11 is 1.61. The van der Waals surface area contributed by atoms with Gasteiger partial charge in [-0.25, -0.2) is 4.98 Å². The number of H-pyrrole nitrogens is 1.